The molecule has 0 aliphatic rings. The van der Waals surface area contributed by atoms with Gasteiger partial charge < -0.3 is 11.1 Å². The van der Waals surface area contributed by atoms with Crippen LogP contribution >= 0.6 is 11.3 Å². The van der Waals surface area contributed by atoms with E-state index >= 15 is 0 Å². The number of rotatable bonds is 8. The Hall–Kier alpha value is -2.64. The Morgan fingerprint density at radius 1 is 1.15 bits per heavy atom. The van der Waals surface area contributed by atoms with E-state index in [0.29, 0.717) is 23.5 Å². The van der Waals surface area contributed by atoms with Crippen molar-refractivity contribution < 1.29 is 9.59 Å². The number of fused-ring (bicyclic) bond motifs is 1. The fraction of sp³-hybridized carbons (Fsp3) is 0.263. The minimum absolute atomic E-state index is 0.166. The van der Waals surface area contributed by atoms with Crippen molar-refractivity contribution in [3.8, 4) is 0 Å². The normalized spacial score (nSPS) is 12.0. The first-order chi connectivity index (χ1) is 12.7. The molecule has 1 aromatic carbocycles. The third-order valence-corrected chi connectivity index (χ3v) is 5.05. The SMILES string of the molecule is NCCCCC(NC(=O)c1cccnc1)C(=O)c1nc2ccccc2s1. The number of thiazole rings is 1. The van der Waals surface area contributed by atoms with E-state index in [4.69, 9.17) is 5.73 Å². The lowest BCUT2D eigenvalue weighted by atomic mass is 10.0. The summed E-state index contributed by atoms with van der Waals surface area (Å²) in [6.07, 6.45) is 5.16. The van der Waals surface area contributed by atoms with Crippen molar-refractivity contribution in [3.05, 3.63) is 59.4 Å². The maximum absolute atomic E-state index is 13.0. The Kier molecular flexibility index (Phi) is 6.04. The molecule has 3 rings (SSSR count). The number of carbonyl (C=O) groups is 2. The number of amides is 1. The summed E-state index contributed by atoms with van der Waals surface area (Å²) in [7, 11) is 0. The highest BCUT2D eigenvalue weighted by molar-refractivity contribution is 7.20. The zero-order valence-electron chi connectivity index (χ0n) is 14.2. The van der Waals surface area contributed by atoms with Gasteiger partial charge in [-0.1, -0.05) is 12.1 Å². The molecule has 0 aliphatic heterocycles. The van der Waals surface area contributed by atoms with Gasteiger partial charge in [0.2, 0.25) is 5.78 Å². The van der Waals surface area contributed by atoms with Crippen LogP contribution in [0.4, 0.5) is 0 Å². The molecule has 6 nitrogen and oxygen atoms in total. The van der Waals surface area contributed by atoms with Crippen LogP contribution in [0.1, 0.15) is 39.4 Å². The number of nitrogens with one attached hydrogen (secondary N) is 1. The van der Waals surface area contributed by atoms with Gasteiger partial charge in [-0.05, 0) is 50.1 Å². The Morgan fingerprint density at radius 3 is 2.73 bits per heavy atom. The van der Waals surface area contributed by atoms with E-state index in [-0.39, 0.29) is 11.7 Å². The molecular weight excluding hydrogens is 348 g/mol. The fourth-order valence-corrected chi connectivity index (χ4v) is 3.59. The minimum atomic E-state index is -0.630. The molecule has 0 spiro atoms. The van der Waals surface area contributed by atoms with Crippen molar-refractivity contribution >= 4 is 33.2 Å². The quantitative estimate of drug-likeness (QED) is 0.471. The molecule has 134 valence electrons. The standard InChI is InChI=1S/C19H20N4O2S/c20-10-4-3-8-15(22-18(25)13-6-5-11-21-12-13)17(24)19-23-14-7-1-2-9-16(14)26-19/h1-2,5-7,9,11-12,15H,3-4,8,10,20H2,(H,22,25). The number of hydrogen-bond acceptors (Lipinski definition) is 6. The summed E-state index contributed by atoms with van der Waals surface area (Å²) in [6, 6.07) is 10.3. The molecule has 0 bridgehead atoms. The Labute approximate surface area is 155 Å². The maximum atomic E-state index is 13.0. The third-order valence-electron chi connectivity index (χ3n) is 4.00. The monoisotopic (exact) mass is 368 g/mol. The molecule has 3 aromatic rings. The number of unbranched alkanes of at least 4 members (excludes halogenated alkanes) is 1. The van der Waals surface area contributed by atoms with E-state index in [2.05, 4.69) is 15.3 Å². The number of para-hydroxylation sites is 1. The van der Waals surface area contributed by atoms with E-state index in [1.165, 1.54) is 17.5 Å². The van der Waals surface area contributed by atoms with Gasteiger partial charge in [-0.3, -0.25) is 14.6 Å². The van der Waals surface area contributed by atoms with Crippen LogP contribution in [-0.4, -0.2) is 34.2 Å². The van der Waals surface area contributed by atoms with Gasteiger partial charge >= 0.3 is 0 Å². The van der Waals surface area contributed by atoms with E-state index in [1.807, 2.05) is 24.3 Å². The molecular formula is C19H20N4O2S. The fourth-order valence-electron chi connectivity index (χ4n) is 2.63. The van der Waals surface area contributed by atoms with Crippen molar-refractivity contribution in [1.82, 2.24) is 15.3 Å². The highest BCUT2D eigenvalue weighted by Crippen LogP contribution is 2.23. The van der Waals surface area contributed by atoms with Gasteiger partial charge in [0, 0.05) is 12.4 Å². The lowest BCUT2D eigenvalue weighted by Gasteiger charge is -2.16. The molecule has 26 heavy (non-hydrogen) atoms. The molecule has 0 saturated heterocycles. The number of benzene rings is 1. The van der Waals surface area contributed by atoms with Crippen LogP contribution < -0.4 is 11.1 Å². The predicted octanol–water partition coefficient (Wildman–Crippen LogP) is 2.80. The zero-order valence-corrected chi connectivity index (χ0v) is 15.0. The second-order valence-electron chi connectivity index (χ2n) is 5.90. The van der Waals surface area contributed by atoms with E-state index in [0.717, 1.165) is 23.1 Å². The molecule has 3 N–H and O–H groups in total. The van der Waals surface area contributed by atoms with Gasteiger partial charge in [-0.25, -0.2) is 4.98 Å². The van der Waals surface area contributed by atoms with Crippen LogP contribution in [0.2, 0.25) is 0 Å². The van der Waals surface area contributed by atoms with Gasteiger partial charge in [0.1, 0.15) is 0 Å². The van der Waals surface area contributed by atoms with Crippen molar-refractivity contribution in [2.45, 2.75) is 25.3 Å². The van der Waals surface area contributed by atoms with Gasteiger partial charge in [0.25, 0.3) is 5.91 Å². The summed E-state index contributed by atoms with van der Waals surface area (Å²) in [5, 5.41) is 3.24. The number of hydrogen-bond donors (Lipinski definition) is 2. The van der Waals surface area contributed by atoms with Gasteiger partial charge in [0.05, 0.1) is 21.8 Å². The number of pyridine rings is 1. The lowest BCUT2D eigenvalue weighted by molar-refractivity contribution is 0.0851. The minimum Gasteiger partial charge on any atom is -0.342 e. The van der Waals surface area contributed by atoms with Crippen molar-refractivity contribution in [3.63, 3.8) is 0 Å². The average molecular weight is 368 g/mol. The molecule has 0 radical (unpaired) electrons. The second kappa shape index (κ2) is 8.64. The molecule has 0 aliphatic carbocycles. The van der Waals surface area contributed by atoms with Crippen LogP contribution in [0.3, 0.4) is 0 Å². The molecule has 0 saturated carbocycles. The van der Waals surface area contributed by atoms with Crippen LogP contribution in [0.15, 0.2) is 48.8 Å². The number of ketones is 1. The first kappa shape index (κ1) is 18.2. The Bertz CT molecular complexity index is 862. The van der Waals surface area contributed by atoms with Crippen LogP contribution in [-0.2, 0) is 0 Å². The number of nitrogens with zero attached hydrogens (tertiary/aromatic N) is 2. The second-order valence-corrected chi connectivity index (χ2v) is 6.93. The maximum Gasteiger partial charge on any atom is 0.253 e. The molecule has 1 atom stereocenters. The first-order valence-electron chi connectivity index (χ1n) is 8.50. The third kappa shape index (κ3) is 4.30. The number of aromatic nitrogens is 2. The van der Waals surface area contributed by atoms with Crippen LogP contribution in [0, 0.1) is 0 Å². The summed E-state index contributed by atoms with van der Waals surface area (Å²) in [4.78, 5) is 33.8. The summed E-state index contributed by atoms with van der Waals surface area (Å²) < 4.78 is 0.954. The smallest absolute Gasteiger partial charge is 0.253 e. The average Bonchev–Trinajstić information content (AvgIpc) is 3.11. The molecule has 1 amide bonds. The van der Waals surface area contributed by atoms with Crippen molar-refractivity contribution in [1.29, 1.82) is 0 Å². The first-order valence-corrected chi connectivity index (χ1v) is 9.31. The Balaban J connectivity index is 1.80. The van der Waals surface area contributed by atoms with Gasteiger partial charge in [-0.15, -0.1) is 11.3 Å². The van der Waals surface area contributed by atoms with E-state index in [1.54, 1.807) is 18.3 Å². The van der Waals surface area contributed by atoms with Crippen LogP contribution in [0.25, 0.3) is 10.2 Å². The van der Waals surface area contributed by atoms with Crippen molar-refractivity contribution in [2.24, 2.45) is 5.73 Å². The molecule has 7 heteroatoms. The molecule has 1 unspecified atom stereocenters. The summed E-state index contributed by atoms with van der Waals surface area (Å²) in [5.41, 5.74) is 6.77. The highest BCUT2D eigenvalue weighted by atomic mass is 32.1. The lowest BCUT2D eigenvalue weighted by Crippen LogP contribution is -2.41. The van der Waals surface area contributed by atoms with Crippen LogP contribution in [0.5, 0.6) is 0 Å². The molecule has 2 heterocycles. The number of carbonyl (C=O) groups excluding carboxylic acids is 2. The predicted molar refractivity (Wildman–Crippen MR) is 102 cm³/mol. The molecule has 2 aromatic heterocycles. The number of nitrogens with two attached hydrogens (primary N) is 1. The topological polar surface area (TPSA) is 98.0 Å². The zero-order chi connectivity index (χ0) is 18.4. The van der Waals surface area contributed by atoms with Crippen molar-refractivity contribution in [2.75, 3.05) is 6.54 Å². The largest absolute Gasteiger partial charge is 0.342 e. The Morgan fingerprint density at radius 2 is 2.00 bits per heavy atom. The van der Waals surface area contributed by atoms with E-state index < -0.39 is 6.04 Å². The molecule has 0 fully saturated rings. The number of Topliss-reactive ketones (excluding diaryl/α,β-unsaturated/α-hetero) is 1. The van der Waals surface area contributed by atoms with E-state index in [9.17, 15) is 9.59 Å². The highest BCUT2D eigenvalue weighted by Gasteiger charge is 2.25. The summed E-state index contributed by atoms with van der Waals surface area (Å²) >= 11 is 1.35. The van der Waals surface area contributed by atoms with Gasteiger partial charge in [-0.2, -0.15) is 0 Å². The summed E-state index contributed by atoms with van der Waals surface area (Å²) in [5.74, 6) is -0.481. The summed E-state index contributed by atoms with van der Waals surface area (Å²) in [6.45, 7) is 0.554. The van der Waals surface area contributed by atoms with Gasteiger partial charge in [0.15, 0.2) is 5.01 Å².